The number of carbonyl (C=O) groups excluding carboxylic acids is 1. The SMILES string of the molecule is CC.CSc1cccc(-c2cccc3c2NCCC(=O)N3)c1. The van der Waals surface area contributed by atoms with Gasteiger partial charge < -0.3 is 10.6 Å². The third-order valence-corrected chi connectivity index (χ3v) is 4.10. The molecule has 0 bridgehead atoms. The number of para-hydroxylation sites is 1. The van der Waals surface area contributed by atoms with E-state index in [1.165, 1.54) is 4.90 Å². The van der Waals surface area contributed by atoms with Crippen LogP contribution in [0.5, 0.6) is 0 Å². The van der Waals surface area contributed by atoms with Crippen LogP contribution in [0.3, 0.4) is 0 Å². The molecule has 1 heterocycles. The van der Waals surface area contributed by atoms with Crippen molar-refractivity contribution in [2.45, 2.75) is 25.2 Å². The van der Waals surface area contributed by atoms with Gasteiger partial charge in [-0.3, -0.25) is 4.79 Å². The van der Waals surface area contributed by atoms with Gasteiger partial charge in [-0.25, -0.2) is 0 Å². The normalized spacial score (nSPS) is 13.0. The van der Waals surface area contributed by atoms with E-state index >= 15 is 0 Å². The van der Waals surface area contributed by atoms with Crippen LogP contribution in [0.25, 0.3) is 11.1 Å². The molecular formula is C18H22N2OS. The number of rotatable bonds is 2. The fourth-order valence-corrected chi connectivity index (χ4v) is 2.85. The minimum Gasteiger partial charge on any atom is -0.382 e. The number of carbonyl (C=O) groups is 1. The molecule has 0 aromatic heterocycles. The summed E-state index contributed by atoms with van der Waals surface area (Å²) >= 11 is 1.73. The second-order valence-corrected chi connectivity index (χ2v) is 5.56. The van der Waals surface area contributed by atoms with Crippen LogP contribution in [0, 0.1) is 0 Å². The van der Waals surface area contributed by atoms with Crippen molar-refractivity contribution in [2.24, 2.45) is 0 Å². The van der Waals surface area contributed by atoms with Gasteiger partial charge in [0.05, 0.1) is 11.4 Å². The Morgan fingerprint density at radius 3 is 2.64 bits per heavy atom. The summed E-state index contributed by atoms with van der Waals surface area (Å²) in [6.07, 6.45) is 2.57. The monoisotopic (exact) mass is 314 g/mol. The van der Waals surface area contributed by atoms with Crippen molar-refractivity contribution in [1.82, 2.24) is 0 Å². The Balaban J connectivity index is 0.000000847. The number of fused-ring (bicyclic) bond motifs is 1. The molecule has 116 valence electrons. The molecule has 0 saturated carbocycles. The lowest BCUT2D eigenvalue weighted by Crippen LogP contribution is -2.10. The molecule has 0 spiro atoms. The summed E-state index contributed by atoms with van der Waals surface area (Å²) in [5, 5.41) is 6.32. The average molecular weight is 314 g/mol. The predicted octanol–water partition coefficient (Wildman–Crippen LogP) is 4.86. The second kappa shape index (κ2) is 7.90. The summed E-state index contributed by atoms with van der Waals surface area (Å²) in [7, 11) is 0. The van der Waals surface area contributed by atoms with Crippen molar-refractivity contribution in [1.29, 1.82) is 0 Å². The number of anilines is 2. The highest BCUT2D eigenvalue weighted by Crippen LogP contribution is 2.36. The Kier molecular flexibility index (Phi) is 5.90. The number of thioether (sulfide) groups is 1. The number of amides is 1. The van der Waals surface area contributed by atoms with E-state index in [-0.39, 0.29) is 5.91 Å². The zero-order valence-corrected chi connectivity index (χ0v) is 14.1. The predicted molar refractivity (Wildman–Crippen MR) is 96.7 cm³/mol. The Morgan fingerprint density at radius 1 is 1.09 bits per heavy atom. The molecule has 0 radical (unpaired) electrons. The first-order chi connectivity index (χ1) is 10.8. The van der Waals surface area contributed by atoms with Gasteiger partial charge in [0.2, 0.25) is 5.91 Å². The molecule has 0 atom stereocenters. The zero-order chi connectivity index (χ0) is 15.9. The fraction of sp³-hybridized carbons (Fsp3) is 0.278. The van der Waals surface area contributed by atoms with Crippen molar-refractivity contribution in [3.63, 3.8) is 0 Å². The zero-order valence-electron chi connectivity index (χ0n) is 13.3. The second-order valence-electron chi connectivity index (χ2n) is 4.69. The van der Waals surface area contributed by atoms with Crippen LogP contribution in [0.1, 0.15) is 20.3 Å². The van der Waals surface area contributed by atoms with Crippen molar-refractivity contribution < 1.29 is 4.79 Å². The lowest BCUT2D eigenvalue weighted by atomic mass is 10.0. The Hall–Kier alpha value is -1.94. The van der Waals surface area contributed by atoms with E-state index in [0.29, 0.717) is 13.0 Å². The fourth-order valence-electron chi connectivity index (χ4n) is 2.39. The van der Waals surface area contributed by atoms with Gasteiger partial charge in [-0.2, -0.15) is 0 Å². The molecule has 2 N–H and O–H groups in total. The van der Waals surface area contributed by atoms with Crippen LogP contribution in [-0.4, -0.2) is 18.7 Å². The van der Waals surface area contributed by atoms with Crippen LogP contribution in [0.4, 0.5) is 11.4 Å². The van der Waals surface area contributed by atoms with Crippen LogP contribution in [0.2, 0.25) is 0 Å². The Labute approximate surface area is 136 Å². The summed E-state index contributed by atoms with van der Waals surface area (Å²) < 4.78 is 0. The van der Waals surface area contributed by atoms with Crippen molar-refractivity contribution in [3.8, 4) is 11.1 Å². The molecule has 2 aromatic rings. The van der Waals surface area contributed by atoms with Crippen molar-refractivity contribution in [3.05, 3.63) is 42.5 Å². The molecule has 0 fully saturated rings. The number of hydrogen-bond acceptors (Lipinski definition) is 3. The van der Waals surface area contributed by atoms with Crippen LogP contribution >= 0.6 is 11.8 Å². The minimum atomic E-state index is 0.0614. The first kappa shape index (κ1) is 16.4. The summed E-state index contributed by atoms with van der Waals surface area (Å²) in [6.45, 7) is 4.66. The summed E-state index contributed by atoms with van der Waals surface area (Å²) in [4.78, 5) is 12.9. The maximum Gasteiger partial charge on any atom is 0.226 e. The number of benzene rings is 2. The van der Waals surface area contributed by atoms with Gasteiger partial charge in [0.25, 0.3) is 0 Å². The molecule has 2 aromatic carbocycles. The molecule has 0 saturated heterocycles. The van der Waals surface area contributed by atoms with Gasteiger partial charge in [-0.15, -0.1) is 11.8 Å². The first-order valence-corrected chi connectivity index (χ1v) is 8.81. The molecule has 1 aliphatic rings. The highest BCUT2D eigenvalue weighted by Gasteiger charge is 2.15. The highest BCUT2D eigenvalue weighted by atomic mass is 32.2. The van der Waals surface area contributed by atoms with E-state index in [9.17, 15) is 4.79 Å². The van der Waals surface area contributed by atoms with E-state index < -0.39 is 0 Å². The summed E-state index contributed by atoms with van der Waals surface area (Å²) in [5.41, 5.74) is 4.16. The first-order valence-electron chi connectivity index (χ1n) is 7.59. The van der Waals surface area contributed by atoms with Gasteiger partial charge in [-0.1, -0.05) is 38.1 Å². The topological polar surface area (TPSA) is 41.1 Å². The third kappa shape index (κ3) is 3.63. The quantitative estimate of drug-likeness (QED) is 0.778. The number of nitrogens with one attached hydrogen (secondary N) is 2. The standard InChI is InChI=1S/C16H16N2OS.C2H6/c1-20-12-5-2-4-11(10-12)13-6-3-7-14-16(13)17-9-8-15(19)18-14;1-2/h2-7,10,17H,8-9H2,1H3,(H,18,19);1-2H3. The molecule has 3 rings (SSSR count). The molecule has 4 heteroatoms. The molecule has 0 aliphatic carbocycles. The summed E-state index contributed by atoms with van der Waals surface area (Å²) in [5.74, 6) is 0.0614. The summed E-state index contributed by atoms with van der Waals surface area (Å²) in [6, 6.07) is 14.4. The van der Waals surface area contributed by atoms with Crippen molar-refractivity contribution in [2.75, 3.05) is 23.4 Å². The Bertz CT molecular complexity index is 655. The van der Waals surface area contributed by atoms with Gasteiger partial charge in [0.1, 0.15) is 0 Å². The van der Waals surface area contributed by atoms with Crippen LogP contribution in [0.15, 0.2) is 47.4 Å². The van der Waals surface area contributed by atoms with Gasteiger partial charge >= 0.3 is 0 Å². The van der Waals surface area contributed by atoms with E-state index in [4.69, 9.17) is 0 Å². The maximum atomic E-state index is 11.6. The van der Waals surface area contributed by atoms with Gasteiger partial charge in [0.15, 0.2) is 0 Å². The Morgan fingerprint density at radius 2 is 1.86 bits per heavy atom. The van der Waals surface area contributed by atoms with E-state index in [0.717, 1.165) is 22.5 Å². The van der Waals surface area contributed by atoms with Gasteiger partial charge in [-0.05, 0) is 30.0 Å². The van der Waals surface area contributed by atoms with Crippen LogP contribution in [-0.2, 0) is 4.79 Å². The lowest BCUT2D eigenvalue weighted by Gasteiger charge is -2.14. The molecule has 3 nitrogen and oxygen atoms in total. The highest BCUT2D eigenvalue weighted by molar-refractivity contribution is 7.98. The molecule has 22 heavy (non-hydrogen) atoms. The smallest absolute Gasteiger partial charge is 0.226 e. The third-order valence-electron chi connectivity index (χ3n) is 3.37. The molecule has 1 aliphatic heterocycles. The average Bonchev–Trinajstić information content (AvgIpc) is 2.77. The van der Waals surface area contributed by atoms with Gasteiger partial charge in [0, 0.05) is 23.4 Å². The lowest BCUT2D eigenvalue weighted by molar-refractivity contribution is -0.115. The minimum absolute atomic E-state index is 0.0614. The van der Waals surface area contributed by atoms with Crippen molar-refractivity contribution >= 4 is 29.0 Å². The maximum absolute atomic E-state index is 11.6. The molecule has 1 amide bonds. The number of hydrogen-bond donors (Lipinski definition) is 2. The van der Waals surface area contributed by atoms with E-state index in [1.807, 2.05) is 26.0 Å². The van der Waals surface area contributed by atoms with E-state index in [1.54, 1.807) is 11.8 Å². The van der Waals surface area contributed by atoms with E-state index in [2.05, 4.69) is 47.2 Å². The molecular weight excluding hydrogens is 292 g/mol. The van der Waals surface area contributed by atoms with Crippen LogP contribution < -0.4 is 10.6 Å². The largest absolute Gasteiger partial charge is 0.382 e. The molecule has 0 unspecified atom stereocenters.